The molecule has 26 nitrogen and oxygen atoms in total. The second kappa shape index (κ2) is 23.6. The van der Waals surface area contributed by atoms with Crippen molar-refractivity contribution in [2.45, 2.75) is 86.0 Å². The standard InChI is InChI=1S/C53H58N14O12/c1-8-34-45(79-29(6)58-34)51(74)62-53-59-35-22-31(47(55)72)23-37(76-7)44(35)67(53)16-10-9-15-66-43-32(33-25-56-48(61-49(33)66)36-20-27(4)63-64-36)21-30(46(54)71)24-38(43)77-18-11-19-78-52(75)28(5)57-50(73)42(26(2)3)60-39(68)14-17-65-40(69)12-13-41(65)70/h9-10,12-13,20-26,28,42H,8,11,14-19H2,1-7H3,(H2,54,71)(H2,55,72)(H,57,73)(H,60,68)(H,63,64)(H,59,62,74)/b10-9+/t28-,42-/m0/s1. The highest BCUT2D eigenvalue weighted by atomic mass is 16.5. The molecule has 26 heteroatoms. The van der Waals surface area contributed by atoms with Gasteiger partial charge < -0.3 is 49.9 Å². The molecule has 79 heavy (non-hydrogen) atoms. The van der Waals surface area contributed by atoms with E-state index in [0.29, 0.717) is 62.5 Å². The Hall–Kier alpha value is -9.75. The van der Waals surface area contributed by atoms with Crippen LogP contribution in [0.2, 0.25) is 0 Å². The molecule has 0 saturated carbocycles. The Balaban J connectivity index is 1.02. The SMILES string of the molecule is CCc1nc(C)oc1C(=O)Nc1nc2cc(C(N)=O)cc(OC)c2n1C/C=C/Cn1c2nc(-c3cc(C)[nH]n3)ncc2c2cc(C(N)=O)cc(OCCCOC(=O)[C@H](C)NC(=O)[C@@H](NC(=O)CCN3C(=O)C=CC3=O)C(C)C)c21. The third-order valence-electron chi connectivity index (χ3n) is 12.7. The number of fused-ring (bicyclic) bond motifs is 4. The summed E-state index contributed by atoms with van der Waals surface area (Å²) in [5.41, 5.74) is 15.2. The van der Waals surface area contributed by atoms with Gasteiger partial charge in [-0.2, -0.15) is 5.10 Å². The largest absolute Gasteiger partial charge is 0.494 e. The Morgan fingerprint density at radius 2 is 1.53 bits per heavy atom. The lowest BCUT2D eigenvalue weighted by atomic mass is 10.0. The maximum Gasteiger partial charge on any atom is 0.328 e. The second-order valence-corrected chi connectivity index (χ2v) is 18.8. The Morgan fingerprint density at radius 1 is 0.835 bits per heavy atom. The lowest BCUT2D eigenvalue weighted by molar-refractivity contribution is -0.148. The molecule has 8 N–H and O–H groups in total. The zero-order chi connectivity index (χ0) is 56.8. The first-order valence-corrected chi connectivity index (χ1v) is 25.1. The Kier molecular flexibility index (Phi) is 16.6. The van der Waals surface area contributed by atoms with E-state index < -0.39 is 65.3 Å². The number of H-pyrrole nitrogens is 1. The summed E-state index contributed by atoms with van der Waals surface area (Å²) in [6.07, 6.45) is 7.88. The minimum absolute atomic E-state index is 0.0206. The van der Waals surface area contributed by atoms with Gasteiger partial charge in [-0.3, -0.25) is 48.9 Å². The number of oxazole rings is 1. The Morgan fingerprint density at radius 3 is 2.19 bits per heavy atom. The maximum atomic E-state index is 13.7. The summed E-state index contributed by atoms with van der Waals surface area (Å²) in [6, 6.07) is 5.75. The van der Waals surface area contributed by atoms with E-state index in [1.165, 1.54) is 32.2 Å². The number of ether oxygens (including phenoxy) is 3. The van der Waals surface area contributed by atoms with Crippen LogP contribution >= 0.6 is 0 Å². The number of aromatic nitrogens is 8. The molecule has 0 spiro atoms. The predicted octanol–water partition coefficient (Wildman–Crippen LogP) is 3.48. The molecule has 0 radical (unpaired) electrons. The van der Waals surface area contributed by atoms with Gasteiger partial charge in [-0.1, -0.05) is 32.9 Å². The molecule has 0 bridgehead atoms. The summed E-state index contributed by atoms with van der Waals surface area (Å²) < 4.78 is 26.8. The average Bonchev–Trinajstić information content (AvgIpc) is 4.25. The van der Waals surface area contributed by atoms with Gasteiger partial charge in [0.2, 0.25) is 35.3 Å². The quantitative estimate of drug-likeness (QED) is 0.0218. The number of aryl methyl sites for hydroxylation is 3. The highest BCUT2D eigenvalue weighted by Gasteiger charge is 2.30. The third kappa shape index (κ3) is 12.1. The van der Waals surface area contributed by atoms with E-state index in [2.05, 4.69) is 41.1 Å². The Bertz CT molecular complexity index is 3620. The lowest BCUT2D eigenvalue weighted by Gasteiger charge is -2.24. The van der Waals surface area contributed by atoms with E-state index in [0.717, 1.165) is 22.7 Å². The van der Waals surface area contributed by atoms with Gasteiger partial charge in [0.1, 0.15) is 40.4 Å². The zero-order valence-electron chi connectivity index (χ0n) is 44.3. The number of rotatable bonds is 24. The molecule has 7 amide bonds. The van der Waals surface area contributed by atoms with Crippen LogP contribution in [0.15, 0.2) is 65.2 Å². The second-order valence-electron chi connectivity index (χ2n) is 18.8. The topological polar surface area (TPSA) is 359 Å². The summed E-state index contributed by atoms with van der Waals surface area (Å²) in [4.78, 5) is 121. The number of esters is 1. The van der Waals surface area contributed by atoms with E-state index >= 15 is 0 Å². The average molecular weight is 1080 g/mol. The number of nitrogens with two attached hydrogens (primary N) is 2. The van der Waals surface area contributed by atoms with Crippen LogP contribution in [0.5, 0.6) is 11.5 Å². The van der Waals surface area contributed by atoms with Gasteiger partial charge in [0.15, 0.2) is 11.7 Å². The number of imide groups is 1. The molecule has 0 aliphatic carbocycles. The van der Waals surface area contributed by atoms with Crippen LogP contribution in [0.4, 0.5) is 5.95 Å². The van der Waals surface area contributed by atoms with Crippen molar-refractivity contribution in [3.8, 4) is 23.0 Å². The fourth-order valence-electron chi connectivity index (χ4n) is 8.80. The van der Waals surface area contributed by atoms with Crippen molar-refractivity contribution in [1.82, 2.24) is 54.8 Å². The molecular formula is C53H58N14O12. The van der Waals surface area contributed by atoms with E-state index in [1.807, 2.05) is 30.6 Å². The first kappa shape index (κ1) is 55.5. The van der Waals surface area contributed by atoms with Gasteiger partial charge in [0, 0.05) is 85.3 Å². The van der Waals surface area contributed by atoms with Crippen LogP contribution in [-0.4, -0.2) is 130 Å². The highest BCUT2D eigenvalue weighted by molar-refractivity contribution is 6.13. The number of nitrogens with zero attached hydrogens (tertiary/aromatic N) is 8. The molecular weight excluding hydrogens is 1020 g/mol. The third-order valence-corrected chi connectivity index (χ3v) is 12.7. The number of hydrogen-bond donors (Lipinski definition) is 6. The summed E-state index contributed by atoms with van der Waals surface area (Å²) in [6.45, 7) is 10.1. The summed E-state index contributed by atoms with van der Waals surface area (Å²) in [5.74, 6) is -4.18. The minimum Gasteiger partial charge on any atom is -0.494 e. The molecule has 0 unspecified atom stereocenters. The number of allylic oxidation sites excluding steroid dienone is 2. The van der Waals surface area contributed by atoms with Crippen molar-refractivity contribution in [2.75, 3.05) is 32.2 Å². The molecule has 0 fully saturated rings. The highest BCUT2D eigenvalue weighted by Crippen LogP contribution is 2.37. The molecule has 6 heterocycles. The van der Waals surface area contributed by atoms with Gasteiger partial charge in [0.25, 0.3) is 17.7 Å². The van der Waals surface area contributed by atoms with Gasteiger partial charge in [0.05, 0.1) is 37.1 Å². The normalized spacial score (nSPS) is 13.2. The molecule has 0 saturated heterocycles. The van der Waals surface area contributed by atoms with Crippen molar-refractivity contribution < 1.29 is 57.0 Å². The zero-order valence-corrected chi connectivity index (χ0v) is 44.3. The van der Waals surface area contributed by atoms with Crippen molar-refractivity contribution in [1.29, 1.82) is 0 Å². The van der Waals surface area contributed by atoms with Crippen molar-refractivity contribution in [3.05, 3.63) is 95.0 Å². The lowest BCUT2D eigenvalue weighted by Crippen LogP contribution is -2.53. The molecule has 1 aliphatic rings. The molecule has 8 rings (SSSR count). The van der Waals surface area contributed by atoms with Gasteiger partial charge >= 0.3 is 5.97 Å². The molecule has 2 atom stereocenters. The Labute approximate surface area is 450 Å². The number of aromatic amines is 1. The van der Waals surface area contributed by atoms with Gasteiger partial charge in [-0.15, -0.1) is 0 Å². The number of methoxy groups -OCH3 is 1. The molecule has 1 aliphatic heterocycles. The smallest absolute Gasteiger partial charge is 0.328 e. The van der Waals surface area contributed by atoms with Crippen LogP contribution in [0, 0.1) is 19.8 Å². The fourth-order valence-corrected chi connectivity index (χ4v) is 8.80. The number of imidazole rings is 1. The fraction of sp³-hybridized carbons (Fsp3) is 0.340. The van der Waals surface area contributed by atoms with E-state index in [4.69, 9.17) is 35.1 Å². The number of hydrogen-bond acceptors (Lipinski definition) is 17. The molecule has 5 aromatic heterocycles. The first-order valence-electron chi connectivity index (χ1n) is 25.1. The minimum atomic E-state index is -1.11. The van der Waals surface area contributed by atoms with Crippen LogP contribution in [0.1, 0.15) is 89.1 Å². The van der Waals surface area contributed by atoms with Crippen LogP contribution < -0.4 is 36.9 Å². The summed E-state index contributed by atoms with van der Waals surface area (Å²) in [5, 5.41) is 16.4. The number of benzene rings is 2. The molecule has 2 aromatic carbocycles. The molecule has 7 aromatic rings. The molecule has 412 valence electrons. The summed E-state index contributed by atoms with van der Waals surface area (Å²) >= 11 is 0. The van der Waals surface area contributed by atoms with Crippen LogP contribution in [0.25, 0.3) is 44.5 Å². The number of amides is 7. The van der Waals surface area contributed by atoms with Crippen molar-refractivity contribution >= 4 is 86.2 Å². The monoisotopic (exact) mass is 1080 g/mol. The number of carbonyl (C=O) groups excluding carboxylic acids is 8. The first-order chi connectivity index (χ1) is 37.8. The number of nitrogens with one attached hydrogen (secondary N) is 4. The summed E-state index contributed by atoms with van der Waals surface area (Å²) in [7, 11) is 1.43. The number of carbonyl (C=O) groups is 8. The van der Waals surface area contributed by atoms with E-state index in [9.17, 15) is 38.4 Å². The van der Waals surface area contributed by atoms with Crippen molar-refractivity contribution in [3.63, 3.8) is 0 Å². The number of primary amides is 2. The van der Waals surface area contributed by atoms with E-state index in [1.54, 1.807) is 43.7 Å². The maximum absolute atomic E-state index is 13.7. The van der Waals surface area contributed by atoms with Gasteiger partial charge in [-0.05, 0) is 56.5 Å². The van der Waals surface area contributed by atoms with Gasteiger partial charge in [-0.25, -0.2) is 24.7 Å². The van der Waals surface area contributed by atoms with Crippen molar-refractivity contribution in [2.24, 2.45) is 17.4 Å². The van der Waals surface area contributed by atoms with Crippen LogP contribution in [-0.2, 0) is 48.2 Å². The van der Waals surface area contributed by atoms with Crippen LogP contribution in [0.3, 0.4) is 0 Å². The van der Waals surface area contributed by atoms with E-state index in [-0.39, 0.29) is 80.0 Å². The predicted molar refractivity (Wildman–Crippen MR) is 284 cm³/mol. The number of anilines is 1.